The molecule has 0 amide bonds. The summed E-state index contributed by atoms with van der Waals surface area (Å²) in [6.07, 6.45) is 6.38. The average molecular weight is 270 g/mol. The van der Waals surface area contributed by atoms with Gasteiger partial charge in [-0.25, -0.2) is 4.98 Å². The molecule has 0 aliphatic rings. The van der Waals surface area contributed by atoms with Crippen molar-refractivity contribution in [3.8, 4) is 11.2 Å². The molecule has 0 aliphatic carbocycles. The van der Waals surface area contributed by atoms with Gasteiger partial charge >= 0.3 is 0 Å². The third-order valence-electron chi connectivity index (χ3n) is 1.87. The van der Waals surface area contributed by atoms with Crippen molar-refractivity contribution in [1.82, 2.24) is 4.98 Å². The monoisotopic (exact) mass is 269 g/mol. The Bertz CT molecular complexity index is 494. The number of rotatable bonds is 2. The van der Waals surface area contributed by atoms with Gasteiger partial charge in [0.05, 0.1) is 12.7 Å². The SMILES string of the molecule is C=C(OC)c1ccc(C#CS(C)(C)C)c(Cl)n1. The highest BCUT2D eigenvalue weighted by molar-refractivity contribution is 8.35. The number of nitrogens with zero attached hydrogens (tertiary/aromatic N) is 1. The Balaban J connectivity index is 3.05. The van der Waals surface area contributed by atoms with Gasteiger partial charge in [-0.3, -0.25) is 0 Å². The van der Waals surface area contributed by atoms with Crippen LogP contribution in [0, 0.1) is 11.2 Å². The van der Waals surface area contributed by atoms with E-state index in [2.05, 4.69) is 41.5 Å². The molecule has 92 valence electrons. The van der Waals surface area contributed by atoms with E-state index in [9.17, 15) is 0 Å². The molecule has 0 aromatic carbocycles. The molecule has 17 heavy (non-hydrogen) atoms. The van der Waals surface area contributed by atoms with E-state index in [1.54, 1.807) is 13.2 Å². The molecule has 0 N–H and O–H groups in total. The number of halogens is 1. The van der Waals surface area contributed by atoms with Crippen molar-refractivity contribution in [3.63, 3.8) is 0 Å². The van der Waals surface area contributed by atoms with Gasteiger partial charge in [0.15, 0.2) is 0 Å². The fraction of sp³-hybridized carbons (Fsp3) is 0.308. The first-order valence-electron chi connectivity index (χ1n) is 4.94. The first-order valence-corrected chi connectivity index (χ1v) is 8.18. The second-order valence-electron chi connectivity index (χ2n) is 4.23. The van der Waals surface area contributed by atoms with Crippen molar-refractivity contribution in [2.75, 3.05) is 25.9 Å². The first kappa shape index (κ1) is 14.0. The van der Waals surface area contributed by atoms with E-state index < -0.39 is 10.0 Å². The number of hydrogen-bond donors (Lipinski definition) is 0. The van der Waals surface area contributed by atoms with E-state index in [0.29, 0.717) is 16.6 Å². The van der Waals surface area contributed by atoms with Crippen LogP contribution >= 0.6 is 21.6 Å². The quantitative estimate of drug-likeness (QED) is 0.467. The maximum Gasteiger partial charge on any atom is 0.145 e. The zero-order valence-electron chi connectivity index (χ0n) is 10.5. The molecular weight excluding hydrogens is 254 g/mol. The van der Waals surface area contributed by atoms with Gasteiger partial charge in [-0.2, -0.15) is 10.0 Å². The van der Waals surface area contributed by atoms with Crippen LogP contribution in [0.2, 0.25) is 5.15 Å². The van der Waals surface area contributed by atoms with Gasteiger partial charge in [-0.05, 0) is 36.2 Å². The maximum atomic E-state index is 6.06. The Morgan fingerprint density at radius 3 is 2.53 bits per heavy atom. The molecule has 4 heteroatoms. The summed E-state index contributed by atoms with van der Waals surface area (Å²) in [4.78, 5) is 4.19. The molecule has 0 aliphatic heterocycles. The predicted octanol–water partition coefficient (Wildman–Crippen LogP) is 3.36. The second-order valence-corrected chi connectivity index (χ2v) is 8.46. The van der Waals surface area contributed by atoms with E-state index in [1.807, 2.05) is 6.07 Å². The van der Waals surface area contributed by atoms with Crippen molar-refractivity contribution in [2.45, 2.75) is 0 Å². The van der Waals surface area contributed by atoms with Crippen molar-refractivity contribution < 1.29 is 4.74 Å². The summed E-state index contributed by atoms with van der Waals surface area (Å²) in [5.74, 6) is 3.55. The van der Waals surface area contributed by atoms with Gasteiger partial charge in [0, 0.05) is 0 Å². The molecule has 1 aromatic rings. The minimum absolute atomic E-state index is 0.386. The molecule has 1 heterocycles. The number of pyridine rings is 1. The van der Waals surface area contributed by atoms with Gasteiger partial charge in [-0.1, -0.05) is 24.1 Å². The van der Waals surface area contributed by atoms with Crippen molar-refractivity contribution in [2.24, 2.45) is 0 Å². The van der Waals surface area contributed by atoms with Crippen LogP contribution in [0.4, 0.5) is 0 Å². The average Bonchev–Trinajstić information content (AvgIpc) is 2.25. The van der Waals surface area contributed by atoms with Crippen LogP contribution in [0.25, 0.3) is 5.76 Å². The standard InChI is InChI=1S/C13H16ClNOS/c1-10(16-2)12-7-6-11(13(14)15-12)8-9-17(3,4)5/h6-7H,1H2,2-5H3. The molecule has 0 fully saturated rings. The van der Waals surface area contributed by atoms with E-state index in [1.165, 1.54) is 0 Å². The third kappa shape index (κ3) is 4.33. The van der Waals surface area contributed by atoms with Crippen LogP contribution in [0.1, 0.15) is 11.3 Å². The lowest BCUT2D eigenvalue weighted by Gasteiger charge is -2.14. The maximum absolute atomic E-state index is 6.06. The minimum Gasteiger partial charge on any atom is -0.495 e. The molecule has 0 bridgehead atoms. The minimum atomic E-state index is -0.860. The molecule has 0 radical (unpaired) electrons. The highest BCUT2D eigenvalue weighted by Gasteiger charge is 2.05. The number of ether oxygens (including phenoxy) is 1. The van der Waals surface area contributed by atoms with Crippen LogP contribution in [0.5, 0.6) is 0 Å². The van der Waals surface area contributed by atoms with E-state index in [0.717, 1.165) is 5.56 Å². The molecule has 0 saturated heterocycles. The van der Waals surface area contributed by atoms with E-state index in [4.69, 9.17) is 16.3 Å². The van der Waals surface area contributed by atoms with Crippen molar-refractivity contribution >= 4 is 27.4 Å². The molecule has 0 atom stereocenters. The Labute approximate surface area is 109 Å². The summed E-state index contributed by atoms with van der Waals surface area (Å²) >= 11 is 6.06. The normalized spacial score (nSPS) is 11.4. The summed E-state index contributed by atoms with van der Waals surface area (Å²) in [6, 6.07) is 3.65. The summed E-state index contributed by atoms with van der Waals surface area (Å²) in [5.41, 5.74) is 1.37. The lowest BCUT2D eigenvalue weighted by atomic mass is 10.2. The zero-order chi connectivity index (χ0) is 13.1. The molecular formula is C13H16ClNOS. The molecule has 0 unspecified atom stereocenters. The van der Waals surface area contributed by atoms with Crippen LogP contribution in [0.3, 0.4) is 0 Å². The Morgan fingerprint density at radius 2 is 2.06 bits per heavy atom. The zero-order valence-corrected chi connectivity index (χ0v) is 12.1. The number of methoxy groups -OCH3 is 1. The molecule has 0 saturated carbocycles. The summed E-state index contributed by atoms with van der Waals surface area (Å²) in [7, 11) is 0.690. The topological polar surface area (TPSA) is 22.1 Å². The van der Waals surface area contributed by atoms with Gasteiger partial charge < -0.3 is 4.74 Å². The van der Waals surface area contributed by atoms with Gasteiger partial charge in [-0.15, -0.1) is 0 Å². The van der Waals surface area contributed by atoms with Crippen molar-refractivity contribution in [1.29, 1.82) is 0 Å². The fourth-order valence-corrected chi connectivity index (χ4v) is 1.61. The van der Waals surface area contributed by atoms with Gasteiger partial charge in [0.1, 0.15) is 16.6 Å². The molecule has 0 spiro atoms. The Kier molecular flexibility index (Phi) is 4.50. The fourth-order valence-electron chi connectivity index (χ4n) is 0.995. The lowest BCUT2D eigenvalue weighted by molar-refractivity contribution is 0.369. The van der Waals surface area contributed by atoms with Gasteiger partial charge in [0.2, 0.25) is 0 Å². The molecule has 2 nitrogen and oxygen atoms in total. The summed E-state index contributed by atoms with van der Waals surface area (Å²) in [6.45, 7) is 3.72. The largest absolute Gasteiger partial charge is 0.495 e. The van der Waals surface area contributed by atoms with E-state index in [-0.39, 0.29) is 0 Å². The predicted molar refractivity (Wildman–Crippen MR) is 77.5 cm³/mol. The Morgan fingerprint density at radius 1 is 1.41 bits per heavy atom. The first-order chi connectivity index (χ1) is 7.83. The van der Waals surface area contributed by atoms with Crippen LogP contribution < -0.4 is 0 Å². The van der Waals surface area contributed by atoms with Crippen LogP contribution in [-0.4, -0.2) is 30.9 Å². The molecule has 1 aromatic heterocycles. The number of hydrogen-bond acceptors (Lipinski definition) is 2. The third-order valence-corrected chi connectivity index (χ3v) is 2.88. The van der Waals surface area contributed by atoms with Crippen LogP contribution in [-0.2, 0) is 4.74 Å². The highest BCUT2D eigenvalue weighted by Crippen LogP contribution is 2.32. The Hall–Kier alpha value is -1.11. The second kappa shape index (κ2) is 5.48. The lowest BCUT2D eigenvalue weighted by Crippen LogP contribution is -1.93. The van der Waals surface area contributed by atoms with Crippen molar-refractivity contribution in [3.05, 3.63) is 35.1 Å². The van der Waals surface area contributed by atoms with Gasteiger partial charge in [0.25, 0.3) is 0 Å². The smallest absolute Gasteiger partial charge is 0.145 e. The highest BCUT2D eigenvalue weighted by atomic mass is 35.5. The summed E-state index contributed by atoms with van der Waals surface area (Å²) in [5, 5.41) is 3.58. The summed E-state index contributed by atoms with van der Waals surface area (Å²) < 4.78 is 5.00. The number of aromatic nitrogens is 1. The van der Waals surface area contributed by atoms with E-state index >= 15 is 0 Å². The molecule has 1 rings (SSSR count). The van der Waals surface area contributed by atoms with Crippen LogP contribution in [0.15, 0.2) is 18.7 Å².